The molecule has 0 aliphatic carbocycles. The molecule has 5 aromatic rings. The van der Waals surface area contributed by atoms with Crippen molar-refractivity contribution in [2.45, 2.75) is 6.92 Å². The first-order valence-corrected chi connectivity index (χ1v) is 8.68. The maximum Gasteiger partial charge on any atom is 0.0933 e. The molecule has 0 fully saturated rings. The molecule has 0 N–H and O–H groups in total. The predicted octanol–water partition coefficient (Wildman–Crippen LogP) is 5.52. The summed E-state index contributed by atoms with van der Waals surface area (Å²) in [5.74, 6) is 0. The van der Waals surface area contributed by atoms with E-state index in [1.165, 1.54) is 16.3 Å². The van der Waals surface area contributed by atoms with Gasteiger partial charge in [0.15, 0.2) is 0 Å². The van der Waals surface area contributed by atoms with Gasteiger partial charge in [0.25, 0.3) is 0 Å². The topological polar surface area (TPSA) is 30.2 Å². The molecule has 5 rings (SSSR count). The molecule has 26 heavy (non-hydrogen) atoms. The highest BCUT2D eigenvalue weighted by Crippen LogP contribution is 2.26. The van der Waals surface area contributed by atoms with Crippen molar-refractivity contribution in [2.75, 3.05) is 0 Å². The number of nitrogens with zero attached hydrogens (tertiary/aromatic N) is 3. The van der Waals surface area contributed by atoms with Crippen LogP contribution in [0.2, 0.25) is 0 Å². The van der Waals surface area contributed by atoms with E-state index in [4.69, 9.17) is 5.10 Å². The molecule has 3 heterocycles. The minimum atomic E-state index is 0.977. The van der Waals surface area contributed by atoms with Gasteiger partial charge in [-0.05, 0) is 42.1 Å². The average Bonchev–Trinajstić information content (AvgIpc) is 3.11. The monoisotopic (exact) mass is 335 g/mol. The molecule has 0 atom stereocenters. The van der Waals surface area contributed by atoms with Gasteiger partial charge in [0.1, 0.15) is 0 Å². The Hall–Kier alpha value is -3.46. The number of aryl methyl sites for hydroxylation is 1. The quantitative estimate of drug-likeness (QED) is 0.425. The average molecular weight is 335 g/mol. The molecule has 124 valence electrons. The zero-order valence-electron chi connectivity index (χ0n) is 14.4. The second-order valence-electron chi connectivity index (χ2n) is 6.54. The summed E-state index contributed by atoms with van der Waals surface area (Å²) >= 11 is 0. The third-order valence-corrected chi connectivity index (χ3v) is 4.82. The third-order valence-electron chi connectivity index (χ3n) is 4.82. The summed E-state index contributed by atoms with van der Waals surface area (Å²) in [6.07, 6.45) is 3.92. The molecule has 0 bridgehead atoms. The molecule has 0 aliphatic rings. The Morgan fingerprint density at radius 1 is 0.769 bits per heavy atom. The van der Waals surface area contributed by atoms with E-state index in [2.05, 4.69) is 72.7 Å². The molecule has 0 spiro atoms. The summed E-state index contributed by atoms with van der Waals surface area (Å²) in [5, 5.41) is 7.25. The predicted molar refractivity (Wildman–Crippen MR) is 106 cm³/mol. The van der Waals surface area contributed by atoms with Crippen LogP contribution in [-0.4, -0.2) is 14.6 Å². The molecular weight excluding hydrogens is 318 g/mol. The summed E-state index contributed by atoms with van der Waals surface area (Å²) in [4.78, 5) is 4.41. The lowest BCUT2D eigenvalue weighted by Crippen LogP contribution is -1.89. The van der Waals surface area contributed by atoms with Crippen molar-refractivity contribution < 1.29 is 0 Å². The van der Waals surface area contributed by atoms with E-state index < -0.39 is 0 Å². The van der Waals surface area contributed by atoms with E-state index >= 15 is 0 Å². The number of benzene rings is 2. The molecule has 0 amide bonds. The van der Waals surface area contributed by atoms with Crippen LogP contribution in [0.3, 0.4) is 0 Å². The Bertz CT molecular complexity index is 1220. The van der Waals surface area contributed by atoms with Gasteiger partial charge in [-0.3, -0.25) is 4.98 Å². The van der Waals surface area contributed by atoms with Crippen molar-refractivity contribution in [3.8, 4) is 22.5 Å². The lowest BCUT2D eigenvalue weighted by Gasteiger charge is -2.02. The zero-order valence-corrected chi connectivity index (χ0v) is 14.4. The number of fused-ring (bicyclic) bond motifs is 2. The molecular formula is C23H17N3. The van der Waals surface area contributed by atoms with Gasteiger partial charge in [0.2, 0.25) is 0 Å². The zero-order chi connectivity index (χ0) is 17.5. The van der Waals surface area contributed by atoms with Crippen LogP contribution in [0.5, 0.6) is 0 Å². The molecule has 3 aromatic heterocycles. The first-order chi connectivity index (χ1) is 12.8. The largest absolute Gasteiger partial charge is 0.256 e. The Labute approximate surface area is 151 Å². The van der Waals surface area contributed by atoms with Crippen LogP contribution in [0.15, 0.2) is 85.2 Å². The normalized spacial score (nSPS) is 11.3. The van der Waals surface area contributed by atoms with E-state index in [1.807, 2.05) is 28.9 Å². The smallest absolute Gasteiger partial charge is 0.0933 e. The second kappa shape index (κ2) is 5.81. The SMILES string of the molecule is Cc1cccc2cn3nc(-c4ccc(-c5ccccn5)cc4)cc3cc12. The number of pyridine rings is 2. The van der Waals surface area contributed by atoms with Crippen molar-refractivity contribution in [1.29, 1.82) is 0 Å². The van der Waals surface area contributed by atoms with Crippen molar-refractivity contribution >= 4 is 16.3 Å². The van der Waals surface area contributed by atoms with Crippen LogP contribution >= 0.6 is 0 Å². The highest BCUT2D eigenvalue weighted by Gasteiger charge is 2.07. The lowest BCUT2D eigenvalue weighted by molar-refractivity contribution is 0.974. The molecule has 0 saturated heterocycles. The van der Waals surface area contributed by atoms with Gasteiger partial charge in [-0.15, -0.1) is 0 Å². The van der Waals surface area contributed by atoms with Gasteiger partial charge in [-0.25, -0.2) is 4.52 Å². The first kappa shape index (κ1) is 14.8. The highest BCUT2D eigenvalue weighted by atomic mass is 15.2. The van der Waals surface area contributed by atoms with E-state index in [1.54, 1.807) is 0 Å². The van der Waals surface area contributed by atoms with Crippen molar-refractivity contribution in [2.24, 2.45) is 0 Å². The molecule has 3 heteroatoms. The van der Waals surface area contributed by atoms with Crippen molar-refractivity contribution in [3.63, 3.8) is 0 Å². The van der Waals surface area contributed by atoms with E-state index in [-0.39, 0.29) is 0 Å². The molecule has 3 nitrogen and oxygen atoms in total. The van der Waals surface area contributed by atoms with Crippen molar-refractivity contribution in [3.05, 3.63) is 90.8 Å². The Balaban J connectivity index is 1.58. The summed E-state index contributed by atoms with van der Waals surface area (Å²) in [7, 11) is 0. The van der Waals surface area contributed by atoms with Gasteiger partial charge < -0.3 is 0 Å². The molecule has 0 saturated carbocycles. The van der Waals surface area contributed by atoms with Gasteiger partial charge in [-0.2, -0.15) is 5.10 Å². The standard InChI is InChI=1S/C23H17N3/c1-16-5-4-6-19-15-26-20(13-21(16)19)14-23(25-26)18-10-8-17(9-11-18)22-7-2-3-12-24-22/h2-15H,1H3. The fourth-order valence-electron chi connectivity index (χ4n) is 3.40. The van der Waals surface area contributed by atoms with Crippen LogP contribution in [0.1, 0.15) is 5.56 Å². The van der Waals surface area contributed by atoms with Crippen LogP contribution < -0.4 is 0 Å². The maximum absolute atomic E-state index is 4.77. The number of hydrogen-bond donors (Lipinski definition) is 0. The van der Waals surface area contributed by atoms with Gasteiger partial charge >= 0.3 is 0 Å². The fraction of sp³-hybridized carbons (Fsp3) is 0.0435. The fourth-order valence-corrected chi connectivity index (χ4v) is 3.40. The van der Waals surface area contributed by atoms with Gasteiger partial charge in [-0.1, -0.05) is 48.5 Å². The molecule has 0 aliphatic heterocycles. The van der Waals surface area contributed by atoms with E-state index in [9.17, 15) is 0 Å². The number of rotatable bonds is 2. The summed E-state index contributed by atoms with van der Waals surface area (Å²) in [6.45, 7) is 2.15. The Morgan fingerprint density at radius 2 is 1.58 bits per heavy atom. The van der Waals surface area contributed by atoms with Crippen molar-refractivity contribution in [1.82, 2.24) is 14.6 Å². The Morgan fingerprint density at radius 3 is 2.35 bits per heavy atom. The second-order valence-corrected chi connectivity index (χ2v) is 6.54. The van der Waals surface area contributed by atoms with Crippen LogP contribution in [0.25, 0.3) is 38.8 Å². The van der Waals surface area contributed by atoms with Crippen LogP contribution in [-0.2, 0) is 0 Å². The summed E-state index contributed by atoms with van der Waals surface area (Å²) in [6, 6.07) is 25.1. The van der Waals surface area contributed by atoms with Gasteiger partial charge in [0.05, 0.1) is 16.9 Å². The van der Waals surface area contributed by atoms with E-state index in [0.717, 1.165) is 28.0 Å². The molecule has 0 unspecified atom stereocenters. The first-order valence-electron chi connectivity index (χ1n) is 8.68. The molecule has 2 aromatic carbocycles. The Kier molecular flexibility index (Phi) is 3.32. The van der Waals surface area contributed by atoms with Gasteiger partial charge in [0, 0.05) is 28.9 Å². The van der Waals surface area contributed by atoms with Crippen LogP contribution in [0.4, 0.5) is 0 Å². The number of aromatic nitrogens is 3. The molecule has 0 radical (unpaired) electrons. The minimum Gasteiger partial charge on any atom is -0.256 e. The third kappa shape index (κ3) is 2.45. The summed E-state index contributed by atoms with van der Waals surface area (Å²) < 4.78 is 1.96. The maximum atomic E-state index is 4.77. The minimum absolute atomic E-state index is 0.977. The lowest BCUT2D eigenvalue weighted by atomic mass is 10.1. The highest BCUT2D eigenvalue weighted by molar-refractivity contribution is 5.89. The van der Waals surface area contributed by atoms with E-state index in [0.29, 0.717) is 0 Å². The van der Waals surface area contributed by atoms with Crippen LogP contribution in [0, 0.1) is 6.92 Å². The number of hydrogen-bond acceptors (Lipinski definition) is 2. The summed E-state index contributed by atoms with van der Waals surface area (Å²) in [5.41, 5.74) is 6.57.